The summed E-state index contributed by atoms with van der Waals surface area (Å²) >= 11 is 0. The molecule has 0 spiro atoms. The third kappa shape index (κ3) is 3.51. The smallest absolute Gasteiger partial charge is 0.337 e. The Balaban J connectivity index is 0.000000921. The fraction of sp³-hybridized carbons (Fsp3) is 0.111. The zero-order valence-electron chi connectivity index (χ0n) is 8.00. The van der Waals surface area contributed by atoms with Crippen molar-refractivity contribution >= 4 is 22.6 Å². The first-order chi connectivity index (χ1) is 6.93. The van der Waals surface area contributed by atoms with Gasteiger partial charge in [-0.25, -0.2) is 13.2 Å². The molecule has 15 heavy (non-hydrogen) atoms. The number of hydrogen-bond acceptors (Lipinski definition) is 4. The Morgan fingerprint density at radius 2 is 1.73 bits per heavy atom. The third-order valence-corrected chi connectivity index (χ3v) is 2.67. The van der Waals surface area contributed by atoms with Gasteiger partial charge in [0.2, 0.25) is 0 Å². The van der Waals surface area contributed by atoms with Crippen molar-refractivity contribution in [3.05, 3.63) is 29.8 Å². The Hall–Kier alpha value is -1.69. The fourth-order valence-electron chi connectivity index (χ4n) is 0.967. The molecule has 6 heteroatoms. The van der Waals surface area contributed by atoms with Gasteiger partial charge in [0.25, 0.3) is 0 Å². The lowest BCUT2D eigenvalue weighted by atomic mass is 10.2. The van der Waals surface area contributed by atoms with Gasteiger partial charge in [-0.05, 0) is 12.1 Å². The predicted molar refractivity (Wildman–Crippen MR) is 53.6 cm³/mol. The maximum atomic E-state index is 11.1. The van der Waals surface area contributed by atoms with Crippen molar-refractivity contribution in [2.45, 2.75) is 4.90 Å². The molecule has 0 aliphatic carbocycles. The van der Waals surface area contributed by atoms with E-state index in [9.17, 15) is 13.2 Å². The summed E-state index contributed by atoms with van der Waals surface area (Å²) in [7, 11) is -3.46. The fourth-order valence-corrected chi connectivity index (χ4v) is 1.85. The Bertz CT molecular complexity index is 449. The molecule has 0 aliphatic rings. The van der Waals surface area contributed by atoms with Gasteiger partial charge in [-0.2, -0.15) is 0 Å². The van der Waals surface area contributed by atoms with Crippen molar-refractivity contribution in [3.8, 4) is 0 Å². The van der Waals surface area contributed by atoms with Crippen LogP contribution in [0.25, 0.3) is 0 Å². The first kappa shape index (κ1) is 13.3. The molecule has 0 radical (unpaired) electrons. The molecule has 5 nitrogen and oxygen atoms in total. The molecule has 1 aromatic carbocycles. The number of carbonyl (C=O) groups is 2. The number of hydrogen-bond donors (Lipinski definition) is 1. The van der Waals surface area contributed by atoms with Crippen LogP contribution in [0.15, 0.2) is 29.2 Å². The lowest BCUT2D eigenvalue weighted by Gasteiger charge is -2.01. The zero-order chi connectivity index (χ0) is 12.1. The molecule has 0 unspecified atom stereocenters. The van der Waals surface area contributed by atoms with Gasteiger partial charge in [0, 0.05) is 6.26 Å². The molecule has 0 bridgehead atoms. The van der Waals surface area contributed by atoms with Crippen LogP contribution in [0.2, 0.25) is 0 Å². The lowest BCUT2D eigenvalue weighted by molar-refractivity contribution is -0.0980. The van der Waals surface area contributed by atoms with Gasteiger partial charge in [-0.1, -0.05) is 12.1 Å². The third-order valence-electron chi connectivity index (χ3n) is 1.52. The molecule has 0 saturated carbocycles. The van der Waals surface area contributed by atoms with Crippen molar-refractivity contribution in [1.82, 2.24) is 0 Å². The summed E-state index contributed by atoms with van der Waals surface area (Å²) in [6.07, 6.45) is 0.981. The highest BCUT2D eigenvalue weighted by atomic mass is 32.2. The second-order valence-corrected chi connectivity index (χ2v) is 4.56. The van der Waals surface area contributed by atoms with Crippen molar-refractivity contribution in [3.63, 3.8) is 0 Å². The van der Waals surface area contributed by atoms with Crippen LogP contribution in [0.1, 0.15) is 10.4 Å². The maximum absolute atomic E-state index is 11.1. The van der Waals surface area contributed by atoms with Crippen molar-refractivity contribution < 1.29 is 23.1 Å². The van der Waals surface area contributed by atoms with E-state index in [1.165, 1.54) is 24.3 Å². The van der Waals surface area contributed by atoms with Gasteiger partial charge in [0.05, 0.1) is 10.5 Å². The highest BCUT2D eigenvalue weighted by molar-refractivity contribution is 7.90. The number of benzene rings is 1. The van der Waals surface area contributed by atoms with Crippen LogP contribution >= 0.6 is 0 Å². The first-order valence-electron chi connectivity index (χ1n) is 3.74. The van der Waals surface area contributed by atoms with Crippen molar-refractivity contribution in [1.29, 1.82) is 0 Å². The minimum atomic E-state index is -3.46. The van der Waals surface area contributed by atoms with Crippen LogP contribution in [0.3, 0.4) is 0 Å². The zero-order valence-corrected chi connectivity index (χ0v) is 8.82. The predicted octanol–water partition coefficient (Wildman–Crippen LogP) is 0.603. The molecular weight excluding hydrogens is 220 g/mol. The van der Waals surface area contributed by atoms with E-state index in [0.29, 0.717) is 0 Å². The van der Waals surface area contributed by atoms with Gasteiger partial charge >= 0.3 is 5.97 Å². The molecule has 0 heterocycles. The van der Waals surface area contributed by atoms with Gasteiger partial charge in [0.15, 0.2) is 9.84 Å². The number of carboxylic acid groups (broad SMARTS) is 1. The molecule has 1 N–H and O–H groups in total. The first-order valence-corrected chi connectivity index (χ1v) is 5.63. The lowest BCUT2D eigenvalue weighted by Crippen LogP contribution is -2.06. The Kier molecular flexibility index (Phi) is 4.66. The summed E-state index contributed by atoms with van der Waals surface area (Å²) in [6, 6.07) is 5.51. The number of carbonyl (C=O) groups excluding carboxylic acids is 1. The van der Waals surface area contributed by atoms with Gasteiger partial charge < -0.3 is 9.90 Å². The molecule has 0 aliphatic heterocycles. The summed E-state index contributed by atoms with van der Waals surface area (Å²) in [6.45, 7) is 2.00. The van der Waals surface area contributed by atoms with Crippen LogP contribution in [-0.2, 0) is 14.6 Å². The van der Waals surface area contributed by atoms with E-state index in [2.05, 4.69) is 0 Å². The van der Waals surface area contributed by atoms with Crippen LogP contribution in [0.5, 0.6) is 0 Å². The second kappa shape index (κ2) is 5.26. The molecule has 1 aromatic rings. The molecule has 0 aromatic heterocycles. The molecule has 0 amide bonds. The standard InChI is InChI=1S/C8H8O4S.CH2O/c1-13(11,12)7-5-3-2-4-6(7)8(9)10;1-2/h2-5H,1H3,(H,9,10);1H2. The topological polar surface area (TPSA) is 88.5 Å². The van der Waals surface area contributed by atoms with Crippen molar-refractivity contribution in [2.24, 2.45) is 0 Å². The molecular formula is C9H10O5S. The molecule has 0 fully saturated rings. The number of rotatable bonds is 2. The van der Waals surface area contributed by atoms with E-state index >= 15 is 0 Å². The Labute approximate surface area is 87.3 Å². The van der Waals surface area contributed by atoms with Crippen LogP contribution in [0, 0.1) is 0 Å². The van der Waals surface area contributed by atoms with E-state index in [0.717, 1.165) is 6.26 Å². The van der Waals surface area contributed by atoms with Crippen molar-refractivity contribution in [2.75, 3.05) is 6.26 Å². The van der Waals surface area contributed by atoms with Crippen LogP contribution in [0.4, 0.5) is 0 Å². The molecule has 0 atom stereocenters. The SMILES string of the molecule is C=O.CS(=O)(=O)c1ccccc1C(=O)O. The summed E-state index contributed by atoms with van der Waals surface area (Å²) in [5.41, 5.74) is -0.190. The van der Waals surface area contributed by atoms with E-state index in [4.69, 9.17) is 9.90 Å². The van der Waals surface area contributed by atoms with E-state index < -0.39 is 15.8 Å². The highest BCUT2D eigenvalue weighted by Crippen LogP contribution is 2.14. The molecule has 0 saturated heterocycles. The monoisotopic (exact) mass is 230 g/mol. The van der Waals surface area contributed by atoms with Gasteiger partial charge in [0.1, 0.15) is 6.79 Å². The average molecular weight is 230 g/mol. The minimum absolute atomic E-state index is 0.150. The summed E-state index contributed by atoms with van der Waals surface area (Å²) in [5.74, 6) is -1.24. The quantitative estimate of drug-likeness (QED) is 0.803. The maximum Gasteiger partial charge on any atom is 0.337 e. The molecule has 1 rings (SSSR count). The van der Waals surface area contributed by atoms with E-state index in [1.54, 1.807) is 0 Å². The molecule has 82 valence electrons. The number of aromatic carboxylic acids is 1. The van der Waals surface area contributed by atoms with Gasteiger partial charge in [-0.3, -0.25) is 0 Å². The van der Waals surface area contributed by atoms with E-state index in [-0.39, 0.29) is 10.5 Å². The number of carboxylic acids is 1. The highest BCUT2D eigenvalue weighted by Gasteiger charge is 2.16. The number of sulfone groups is 1. The average Bonchev–Trinajstić information content (AvgIpc) is 2.19. The Morgan fingerprint density at radius 1 is 1.27 bits per heavy atom. The normalized spacial score (nSPS) is 9.93. The Morgan fingerprint density at radius 3 is 2.07 bits per heavy atom. The van der Waals surface area contributed by atoms with Crippen LogP contribution in [-0.4, -0.2) is 32.5 Å². The largest absolute Gasteiger partial charge is 0.478 e. The summed E-state index contributed by atoms with van der Waals surface area (Å²) < 4.78 is 22.2. The minimum Gasteiger partial charge on any atom is -0.478 e. The summed E-state index contributed by atoms with van der Waals surface area (Å²) in [4.78, 5) is 18.5. The van der Waals surface area contributed by atoms with Crippen LogP contribution < -0.4 is 0 Å². The second-order valence-electron chi connectivity index (χ2n) is 2.57. The van der Waals surface area contributed by atoms with E-state index in [1.807, 2.05) is 6.79 Å². The summed E-state index contributed by atoms with van der Waals surface area (Å²) in [5, 5.41) is 8.66. The van der Waals surface area contributed by atoms with Gasteiger partial charge in [-0.15, -0.1) is 0 Å².